The zero-order chi connectivity index (χ0) is 23.2. The maximum atomic E-state index is 12.6. The molecule has 2 aliphatic rings. The van der Waals surface area contributed by atoms with E-state index in [1.54, 1.807) is 6.92 Å². The summed E-state index contributed by atoms with van der Waals surface area (Å²) in [4.78, 5) is 27.0. The Labute approximate surface area is 192 Å². The standard InChI is InChI=1S/C24H28N6O3/c1-2-33-24(32)20-14-19-13-18(9-10-21(19)26-22(15-20)27-29-28-25)16-5-7-17(8-6-16)23(31)30-11-3-4-12-30/h5-10,13-14,22,26H,2-4,11-12,15H2,1H3,(H2,25,29)(H,27,28). The number of nitrogens with zero attached hydrogens (tertiary/aromatic N) is 3. The normalized spacial score (nSPS) is 17.7. The van der Waals surface area contributed by atoms with Gasteiger partial charge in [0.05, 0.1) is 6.61 Å². The number of nitrogens with one attached hydrogen (secondary N) is 2. The predicted molar refractivity (Wildman–Crippen MR) is 126 cm³/mol. The SMILES string of the molecule is CCOC(=O)C1=Cc2cc(-c3ccc(C(=O)N4CCCC4)cc3)ccc2NC(NN=NN)C1. The molecule has 9 heteroatoms. The molecule has 2 heterocycles. The highest BCUT2D eigenvalue weighted by molar-refractivity contribution is 5.96. The lowest BCUT2D eigenvalue weighted by Gasteiger charge is -2.18. The minimum absolute atomic E-state index is 0.0837. The van der Waals surface area contributed by atoms with Gasteiger partial charge in [-0.25, -0.2) is 4.79 Å². The van der Waals surface area contributed by atoms with Crippen LogP contribution >= 0.6 is 0 Å². The van der Waals surface area contributed by atoms with Crippen LogP contribution < -0.4 is 16.6 Å². The molecule has 1 saturated heterocycles. The van der Waals surface area contributed by atoms with Crippen molar-refractivity contribution in [3.8, 4) is 11.1 Å². The van der Waals surface area contributed by atoms with Crippen molar-refractivity contribution in [3.63, 3.8) is 0 Å². The van der Waals surface area contributed by atoms with E-state index in [9.17, 15) is 9.59 Å². The molecule has 9 nitrogen and oxygen atoms in total. The fourth-order valence-corrected chi connectivity index (χ4v) is 4.15. The van der Waals surface area contributed by atoms with Crippen molar-refractivity contribution in [1.82, 2.24) is 10.3 Å². The van der Waals surface area contributed by atoms with Crippen LogP contribution in [0.15, 0.2) is 58.5 Å². The van der Waals surface area contributed by atoms with Gasteiger partial charge >= 0.3 is 5.97 Å². The minimum atomic E-state index is -0.379. The monoisotopic (exact) mass is 448 g/mol. The molecule has 1 unspecified atom stereocenters. The van der Waals surface area contributed by atoms with Gasteiger partial charge in [0.25, 0.3) is 5.91 Å². The van der Waals surface area contributed by atoms with Crippen molar-refractivity contribution in [2.75, 3.05) is 25.0 Å². The van der Waals surface area contributed by atoms with Gasteiger partial charge in [0.1, 0.15) is 6.17 Å². The molecule has 2 aliphatic heterocycles. The summed E-state index contributed by atoms with van der Waals surface area (Å²) < 4.78 is 5.22. The average Bonchev–Trinajstić information content (AvgIpc) is 3.31. The molecule has 0 aromatic heterocycles. The largest absolute Gasteiger partial charge is 0.463 e. The molecule has 1 atom stereocenters. The van der Waals surface area contributed by atoms with E-state index >= 15 is 0 Å². The molecular weight excluding hydrogens is 420 g/mol. The lowest BCUT2D eigenvalue weighted by atomic mass is 9.99. The second-order valence-electron chi connectivity index (χ2n) is 8.01. The summed E-state index contributed by atoms with van der Waals surface area (Å²) in [6.45, 7) is 3.72. The molecule has 33 heavy (non-hydrogen) atoms. The van der Waals surface area contributed by atoms with E-state index in [1.165, 1.54) is 0 Å². The van der Waals surface area contributed by atoms with Crippen LogP contribution in [0.1, 0.15) is 42.1 Å². The second kappa shape index (κ2) is 10.2. The first-order chi connectivity index (χ1) is 16.1. The number of nitrogens with two attached hydrogens (primary N) is 1. The van der Waals surface area contributed by atoms with Crippen molar-refractivity contribution in [3.05, 3.63) is 59.2 Å². The number of esters is 1. The average molecular weight is 449 g/mol. The van der Waals surface area contributed by atoms with E-state index in [-0.39, 0.29) is 18.0 Å². The first-order valence-corrected chi connectivity index (χ1v) is 11.1. The lowest BCUT2D eigenvalue weighted by molar-refractivity contribution is -0.138. The van der Waals surface area contributed by atoms with Gasteiger partial charge < -0.3 is 20.8 Å². The highest BCUT2D eigenvalue weighted by Crippen LogP contribution is 2.31. The summed E-state index contributed by atoms with van der Waals surface area (Å²) in [5.41, 5.74) is 7.66. The Morgan fingerprint density at radius 1 is 1.15 bits per heavy atom. The molecule has 2 aromatic rings. The summed E-state index contributed by atoms with van der Waals surface area (Å²) in [7, 11) is 0. The Balaban J connectivity index is 1.61. The van der Waals surface area contributed by atoms with Crippen molar-refractivity contribution in [2.45, 2.75) is 32.4 Å². The summed E-state index contributed by atoms with van der Waals surface area (Å²) in [5.74, 6) is 4.82. The van der Waals surface area contributed by atoms with E-state index in [0.717, 1.165) is 48.3 Å². The van der Waals surface area contributed by atoms with E-state index in [2.05, 4.69) is 21.2 Å². The van der Waals surface area contributed by atoms with Crippen molar-refractivity contribution in [2.24, 2.45) is 16.3 Å². The first kappa shape index (κ1) is 22.3. The number of hydrogen-bond donors (Lipinski definition) is 3. The molecule has 0 radical (unpaired) electrons. The smallest absolute Gasteiger partial charge is 0.334 e. The number of anilines is 1. The molecule has 1 fully saturated rings. The Morgan fingerprint density at radius 2 is 1.88 bits per heavy atom. The summed E-state index contributed by atoms with van der Waals surface area (Å²) in [6, 6.07) is 13.6. The van der Waals surface area contributed by atoms with Crippen molar-refractivity contribution < 1.29 is 14.3 Å². The summed E-state index contributed by atoms with van der Waals surface area (Å²) >= 11 is 0. The van der Waals surface area contributed by atoms with Gasteiger partial charge in [0.15, 0.2) is 0 Å². The van der Waals surface area contributed by atoms with Crippen molar-refractivity contribution in [1.29, 1.82) is 0 Å². The van der Waals surface area contributed by atoms with Gasteiger partial charge in [-0.3, -0.25) is 10.2 Å². The molecule has 172 valence electrons. The van der Waals surface area contributed by atoms with E-state index in [1.807, 2.05) is 53.4 Å². The maximum absolute atomic E-state index is 12.6. The van der Waals surface area contributed by atoms with Gasteiger partial charge in [-0.05, 0) is 66.8 Å². The lowest BCUT2D eigenvalue weighted by Crippen LogP contribution is -2.33. The molecular formula is C24H28N6O3. The number of amides is 1. The molecule has 0 spiro atoms. The minimum Gasteiger partial charge on any atom is -0.463 e. The molecule has 4 rings (SSSR count). The number of carbonyl (C=O) groups is 2. The Bertz CT molecular complexity index is 1070. The van der Waals surface area contributed by atoms with E-state index in [0.29, 0.717) is 24.2 Å². The van der Waals surface area contributed by atoms with Gasteiger partial charge in [-0.2, -0.15) is 0 Å². The van der Waals surface area contributed by atoms with Crippen LogP contribution in [0, 0.1) is 0 Å². The van der Waals surface area contributed by atoms with Gasteiger partial charge in [-0.15, -0.1) is 0 Å². The maximum Gasteiger partial charge on any atom is 0.334 e. The van der Waals surface area contributed by atoms with Crippen LogP contribution in [0.25, 0.3) is 17.2 Å². The Hall–Kier alpha value is -3.88. The van der Waals surface area contributed by atoms with Gasteiger partial charge in [0.2, 0.25) is 0 Å². The third-order valence-corrected chi connectivity index (χ3v) is 5.80. The summed E-state index contributed by atoms with van der Waals surface area (Å²) in [5, 5.41) is 10.2. The number of hydrogen-bond acceptors (Lipinski definition) is 6. The second-order valence-corrected chi connectivity index (χ2v) is 8.01. The fourth-order valence-electron chi connectivity index (χ4n) is 4.15. The van der Waals surface area contributed by atoms with E-state index in [4.69, 9.17) is 10.6 Å². The molecule has 1 amide bonds. The molecule has 2 aromatic carbocycles. The summed E-state index contributed by atoms with van der Waals surface area (Å²) in [6.07, 6.45) is 3.93. The highest BCUT2D eigenvalue weighted by atomic mass is 16.5. The Morgan fingerprint density at radius 3 is 2.58 bits per heavy atom. The van der Waals surface area contributed by atoms with E-state index < -0.39 is 0 Å². The molecule has 0 saturated carbocycles. The van der Waals surface area contributed by atoms with Crippen LogP contribution in [0.2, 0.25) is 0 Å². The zero-order valence-corrected chi connectivity index (χ0v) is 18.6. The number of likely N-dealkylation sites (tertiary alicyclic amines) is 1. The third kappa shape index (κ3) is 5.14. The van der Waals surface area contributed by atoms with Crippen LogP contribution in [0.5, 0.6) is 0 Å². The molecule has 4 N–H and O–H groups in total. The van der Waals surface area contributed by atoms with Gasteiger partial charge in [0, 0.05) is 36.3 Å². The quantitative estimate of drug-likeness (QED) is 0.269. The number of carbonyl (C=O) groups excluding carboxylic acids is 2. The molecule has 0 aliphatic carbocycles. The molecule has 0 bridgehead atoms. The highest BCUT2D eigenvalue weighted by Gasteiger charge is 2.23. The number of fused-ring (bicyclic) bond motifs is 1. The number of rotatable bonds is 6. The van der Waals surface area contributed by atoms with Crippen LogP contribution in [0.4, 0.5) is 5.69 Å². The predicted octanol–water partition coefficient (Wildman–Crippen LogP) is 3.51. The van der Waals surface area contributed by atoms with Crippen molar-refractivity contribution >= 4 is 23.6 Å². The fraction of sp³-hybridized carbons (Fsp3) is 0.333. The zero-order valence-electron chi connectivity index (χ0n) is 18.6. The van der Waals surface area contributed by atoms with Crippen LogP contribution in [-0.2, 0) is 9.53 Å². The first-order valence-electron chi connectivity index (χ1n) is 11.1. The number of ether oxygens (including phenoxy) is 1. The van der Waals surface area contributed by atoms with Crippen LogP contribution in [0.3, 0.4) is 0 Å². The number of benzene rings is 2. The third-order valence-electron chi connectivity index (χ3n) is 5.80. The van der Waals surface area contributed by atoms with Crippen LogP contribution in [-0.4, -0.2) is 42.6 Å². The van der Waals surface area contributed by atoms with Gasteiger partial charge in [-0.1, -0.05) is 28.6 Å². The topological polar surface area (TPSA) is 121 Å². The Kier molecular flexibility index (Phi) is 6.87.